The molecule has 2 fully saturated rings. The fourth-order valence-electron chi connectivity index (χ4n) is 4.63. The quantitative estimate of drug-likeness (QED) is 0.548. The van der Waals surface area contributed by atoms with Gasteiger partial charge in [0, 0.05) is 23.7 Å². The van der Waals surface area contributed by atoms with E-state index in [2.05, 4.69) is 10.3 Å². The largest absolute Gasteiger partial charge is 0.350 e. The Bertz CT molecular complexity index is 1260. The second-order valence-electron chi connectivity index (χ2n) is 8.78. The van der Waals surface area contributed by atoms with Crippen LogP contribution in [0.15, 0.2) is 42.5 Å². The average Bonchev–Trinajstić information content (AvgIpc) is 3.30. The predicted molar refractivity (Wildman–Crippen MR) is 127 cm³/mol. The fraction of sp³-hybridized carbons (Fsp3) is 0.320. The molecule has 0 spiro atoms. The first-order chi connectivity index (χ1) is 15.8. The molecule has 1 saturated heterocycles. The highest BCUT2D eigenvalue weighted by Crippen LogP contribution is 2.50. The summed E-state index contributed by atoms with van der Waals surface area (Å²) in [5.41, 5.74) is 2.06. The third-order valence-electron chi connectivity index (χ3n) is 6.49. The molecule has 3 atom stereocenters. The molecule has 0 radical (unpaired) electrons. The van der Waals surface area contributed by atoms with Crippen LogP contribution in [0.25, 0.3) is 10.4 Å². The minimum atomic E-state index is -0.305. The van der Waals surface area contributed by atoms with E-state index in [9.17, 15) is 14.0 Å². The van der Waals surface area contributed by atoms with Crippen LogP contribution in [0.4, 0.5) is 4.39 Å². The highest BCUT2D eigenvalue weighted by molar-refractivity contribution is 7.15. The Kier molecular flexibility index (Phi) is 5.70. The van der Waals surface area contributed by atoms with Crippen LogP contribution in [0.1, 0.15) is 37.8 Å². The van der Waals surface area contributed by atoms with Crippen molar-refractivity contribution >= 4 is 34.8 Å². The molecule has 0 unspecified atom stereocenters. The molecule has 1 N–H and O–H groups in total. The van der Waals surface area contributed by atoms with Crippen molar-refractivity contribution in [3.63, 3.8) is 0 Å². The summed E-state index contributed by atoms with van der Waals surface area (Å²) in [6.45, 7) is 4.58. The van der Waals surface area contributed by atoms with Gasteiger partial charge in [-0.15, -0.1) is 11.3 Å². The Morgan fingerprint density at radius 3 is 2.82 bits per heavy atom. The summed E-state index contributed by atoms with van der Waals surface area (Å²) in [6, 6.07) is 11.7. The number of likely N-dealkylation sites (tertiary alicyclic amines) is 1. The highest BCUT2D eigenvalue weighted by Gasteiger charge is 2.54. The van der Waals surface area contributed by atoms with Gasteiger partial charge in [0.25, 0.3) is 11.8 Å². The van der Waals surface area contributed by atoms with Crippen molar-refractivity contribution in [2.45, 2.75) is 26.3 Å². The molecule has 2 heterocycles. The van der Waals surface area contributed by atoms with Crippen molar-refractivity contribution in [1.29, 1.82) is 0 Å². The number of piperidine rings is 1. The van der Waals surface area contributed by atoms with Gasteiger partial charge >= 0.3 is 0 Å². The first kappa shape index (κ1) is 22.0. The van der Waals surface area contributed by atoms with Gasteiger partial charge in [-0.05, 0) is 67.5 Å². The number of amides is 2. The second-order valence-corrected chi connectivity index (χ2v) is 10.4. The van der Waals surface area contributed by atoms with E-state index in [-0.39, 0.29) is 23.7 Å². The minimum Gasteiger partial charge on any atom is -0.350 e. The molecule has 5 nitrogen and oxygen atoms in total. The van der Waals surface area contributed by atoms with E-state index in [4.69, 9.17) is 11.6 Å². The number of nitrogens with one attached hydrogen (secondary N) is 1. The number of benzene rings is 2. The Balaban J connectivity index is 1.36. The van der Waals surface area contributed by atoms with Crippen molar-refractivity contribution in [2.75, 3.05) is 13.1 Å². The van der Waals surface area contributed by atoms with Crippen LogP contribution < -0.4 is 5.32 Å². The van der Waals surface area contributed by atoms with E-state index in [1.807, 2.05) is 17.9 Å². The van der Waals surface area contributed by atoms with Gasteiger partial charge in [-0.1, -0.05) is 29.8 Å². The molecular weight excluding hydrogens is 461 g/mol. The van der Waals surface area contributed by atoms with Crippen molar-refractivity contribution in [3.8, 4) is 10.4 Å². The topological polar surface area (TPSA) is 62.3 Å². The van der Waals surface area contributed by atoms with Crippen LogP contribution in [0.5, 0.6) is 0 Å². The van der Waals surface area contributed by atoms with E-state index in [0.29, 0.717) is 57.2 Å². The maximum absolute atomic E-state index is 14.2. The van der Waals surface area contributed by atoms with Gasteiger partial charge < -0.3 is 10.2 Å². The summed E-state index contributed by atoms with van der Waals surface area (Å²) in [5, 5.41) is 4.22. The maximum atomic E-state index is 14.2. The number of carbonyl (C=O) groups excluding carboxylic acids is 2. The lowest BCUT2D eigenvalue weighted by molar-refractivity contribution is 0.0690. The third kappa shape index (κ3) is 4.27. The molecule has 1 saturated carbocycles. The molecule has 1 aliphatic heterocycles. The number of carbonyl (C=O) groups is 2. The number of nitrogens with zero attached hydrogens (tertiary/aromatic N) is 2. The molecular formula is C25H23ClFN3O2S. The van der Waals surface area contributed by atoms with Crippen molar-refractivity contribution < 1.29 is 14.0 Å². The summed E-state index contributed by atoms with van der Waals surface area (Å²) in [4.78, 5) is 33.2. The Morgan fingerprint density at radius 1 is 1.24 bits per heavy atom. The number of halogens is 2. The minimum absolute atomic E-state index is 0.0877. The number of hydrogen-bond donors (Lipinski definition) is 1. The van der Waals surface area contributed by atoms with Crippen LogP contribution in [-0.2, 0) is 0 Å². The number of rotatable bonds is 5. The lowest BCUT2D eigenvalue weighted by Crippen LogP contribution is -2.45. The van der Waals surface area contributed by atoms with Crippen molar-refractivity contribution in [3.05, 3.63) is 75.1 Å². The van der Waals surface area contributed by atoms with Crippen molar-refractivity contribution in [1.82, 2.24) is 15.2 Å². The van der Waals surface area contributed by atoms with Gasteiger partial charge in [0.1, 0.15) is 11.5 Å². The molecule has 5 rings (SSSR count). The number of fused-ring (bicyclic) bond motifs is 1. The Morgan fingerprint density at radius 2 is 2.06 bits per heavy atom. The zero-order valence-electron chi connectivity index (χ0n) is 18.3. The van der Waals surface area contributed by atoms with Crippen LogP contribution in [0, 0.1) is 31.5 Å². The molecule has 1 aromatic heterocycles. The van der Waals surface area contributed by atoms with Crippen LogP contribution in [0.2, 0.25) is 5.02 Å². The number of thiazole rings is 1. The SMILES string of the molecule is Cc1nc(C(=O)N2C[C@@H]3C[C@@H]3[C@H]2CNC(=O)c2cccc(Cl)c2)c(-c2ccc(C)c(F)c2)s1. The first-order valence-electron chi connectivity index (χ1n) is 10.9. The summed E-state index contributed by atoms with van der Waals surface area (Å²) < 4.78 is 14.2. The van der Waals surface area contributed by atoms with E-state index in [1.165, 1.54) is 17.4 Å². The number of aryl methyl sites for hydroxylation is 2. The lowest BCUT2D eigenvalue weighted by Gasteiger charge is -2.27. The van der Waals surface area contributed by atoms with E-state index >= 15 is 0 Å². The first-order valence-corrected chi connectivity index (χ1v) is 12.1. The van der Waals surface area contributed by atoms with E-state index in [1.54, 1.807) is 37.3 Å². The van der Waals surface area contributed by atoms with Crippen LogP contribution in [0.3, 0.4) is 0 Å². The molecule has 2 amide bonds. The molecule has 170 valence electrons. The Labute approximate surface area is 200 Å². The Hall–Kier alpha value is -2.77. The van der Waals surface area contributed by atoms with E-state index < -0.39 is 0 Å². The summed E-state index contributed by atoms with van der Waals surface area (Å²) in [6.07, 6.45) is 1.06. The monoisotopic (exact) mass is 483 g/mol. The van der Waals surface area contributed by atoms with Gasteiger partial charge in [0.15, 0.2) is 0 Å². The van der Waals surface area contributed by atoms with Gasteiger partial charge in [0.05, 0.1) is 15.9 Å². The van der Waals surface area contributed by atoms with Crippen LogP contribution >= 0.6 is 22.9 Å². The molecule has 8 heteroatoms. The van der Waals surface area contributed by atoms with Crippen molar-refractivity contribution in [2.24, 2.45) is 11.8 Å². The predicted octanol–water partition coefficient (Wildman–Crippen LogP) is 5.11. The smallest absolute Gasteiger partial charge is 0.274 e. The highest BCUT2D eigenvalue weighted by atomic mass is 35.5. The fourth-order valence-corrected chi connectivity index (χ4v) is 5.73. The van der Waals surface area contributed by atoms with Gasteiger partial charge in [-0.25, -0.2) is 9.37 Å². The number of aromatic nitrogens is 1. The van der Waals surface area contributed by atoms with Gasteiger partial charge in [0.2, 0.25) is 0 Å². The molecule has 33 heavy (non-hydrogen) atoms. The summed E-state index contributed by atoms with van der Waals surface area (Å²) in [5.74, 6) is 0.162. The van der Waals surface area contributed by atoms with Gasteiger partial charge in [-0.3, -0.25) is 9.59 Å². The number of hydrogen-bond acceptors (Lipinski definition) is 4. The van der Waals surface area contributed by atoms with E-state index in [0.717, 1.165) is 11.4 Å². The zero-order chi connectivity index (χ0) is 23.3. The molecule has 2 aromatic carbocycles. The summed E-state index contributed by atoms with van der Waals surface area (Å²) in [7, 11) is 0. The standard InChI is InChI=1S/C25H23ClFN3O2S/c1-13-6-7-15(10-20(13)27)23-22(29-14(2)33-23)25(32)30-12-17-9-19(17)21(30)11-28-24(31)16-4-3-5-18(26)8-16/h3-8,10,17,19,21H,9,11-12H2,1-2H3,(H,28,31)/t17-,19-,21+/m0/s1. The normalized spacial score (nSPS) is 21.1. The second kappa shape index (κ2) is 8.54. The van der Waals surface area contributed by atoms with Gasteiger partial charge in [-0.2, -0.15) is 0 Å². The maximum Gasteiger partial charge on any atom is 0.274 e. The van der Waals surface area contributed by atoms with Crippen LogP contribution in [-0.4, -0.2) is 40.8 Å². The molecule has 0 bridgehead atoms. The molecule has 3 aromatic rings. The lowest BCUT2D eigenvalue weighted by atomic mass is 10.1. The summed E-state index contributed by atoms with van der Waals surface area (Å²) >= 11 is 7.39. The third-order valence-corrected chi connectivity index (χ3v) is 7.75. The molecule has 1 aliphatic carbocycles. The molecule has 2 aliphatic rings. The zero-order valence-corrected chi connectivity index (χ0v) is 19.8. The average molecular weight is 484 g/mol.